The Hall–Kier alpha value is -1.10. The zero-order valence-corrected chi connectivity index (χ0v) is 17.9. The van der Waals surface area contributed by atoms with E-state index in [1.807, 2.05) is 12.1 Å². The fraction of sp³-hybridized carbons (Fsp3) is 0.409. The van der Waals surface area contributed by atoms with Crippen molar-refractivity contribution in [2.45, 2.75) is 59.3 Å². The Labute approximate surface area is 157 Å². The molecule has 2 rings (SSSR count). The third-order valence-electron chi connectivity index (χ3n) is 4.32. The molecule has 0 fully saturated rings. The monoisotopic (exact) mass is 438 g/mol. The summed E-state index contributed by atoms with van der Waals surface area (Å²) in [6.07, 6.45) is 0.918. The molecule has 0 N–H and O–H groups in total. The van der Waals surface area contributed by atoms with E-state index in [4.69, 9.17) is 0 Å². The van der Waals surface area contributed by atoms with Crippen LogP contribution in [-0.2, 0) is 0 Å². The van der Waals surface area contributed by atoms with Crippen molar-refractivity contribution < 1.29 is 4.79 Å². The van der Waals surface area contributed by atoms with Crippen LogP contribution in [-0.4, -0.2) is 27.2 Å². The summed E-state index contributed by atoms with van der Waals surface area (Å²) in [7, 11) is 0. The van der Waals surface area contributed by atoms with Crippen molar-refractivity contribution in [1.82, 2.24) is 0 Å². The van der Waals surface area contributed by atoms with E-state index in [0.717, 1.165) is 11.8 Å². The SMILES string of the molecule is CC(C)c1cc(C(C)C)c([Te]c2ccc(C=O)cc2)c(C(C)C)c1. The Balaban J connectivity index is 2.54. The summed E-state index contributed by atoms with van der Waals surface area (Å²) in [4.78, 5) is 10.9. The van der Waals surface area contributed by atoms with Gasteiger partial charge in [-0.25, -0.2) is 0 Å². The maximum atomic E-state index is 10.9. The van der Waals surface area contributed by atoms with E-state index in [-0.39, 0.29) is 0 Å². The number of carbonyl (C=O) groups excluding carboxylic acids is 1. The average molecular weight is 436 g/mol. The molecular weight excluding hydrogens is 408 g/mol. The van der Waals surface area contributed by atoms with Crippen LogP contribution in [0.25, 0.3) is 0 Å². The molecule has 2 heteroatoms. The Kier molecular flexibility index (Phi) is 6.67. The Morgan fingerprint density at radius 1 is 0.792 bits per heavy atom. The average Bonchev–Trinajstić information content (AvgIpc) is 2.54. The van der Waals surface area contributed by atoms with Crippen molar-refractivity contribution in [2.24, 2.45) is 0 Å². The zero-order valence-electron chi connectivity index (χ0n) is 15.6. The second kappa shape index (κ2) is 8.32. The first-order valence-electron chi connectivity index (χ1n) is 8.74. The van der Waals surface area contributed by atoms with Crippen molar-refractivity contribution in [1.29, 1.82) is 0 Å². The van der Waals surface area contributed by atoms with Crippen molar-refractivity contribution in [3.05, 3.63) is 58.7 Å². The van der Waals surface area contributed by atoms with Crippen LogP contribution in [0.15, 0.2) is 36.4 Å². The van der Waals surface area contributed by atoms with Crippen LogP contribution in [0.4, 0.5) is 0 Å². The molecule has 2 aromatic carbocycles. The van der Waals surface area contributed by atoms with E-state index in [2.05, 4.69) is 65.8 Å². The summed E-state index contributed by atoms with van der Waals surface area (Å²) in [5.41, 5.74) is 5.25. The third-order valence-corrected chi connectivity index (χ3v) is 7.69. The minimum absolute atomic E-state index is 0.463. The van der Waals surface area contributed by atoms with Gasteiger partial charge in [0.15, 0.2) is 0 Å². The quantitative estimate of drug-likeness (QED) is 0.481. The molecule has 0 aromatic heterocycles. The van der Waals surface area contributed by atoms with Crippen molar-refractivity contribution in [2.75, 3.05) is 0 Å². The Morgan fingerprint density at radius 2 is 1.29 bits per heavy atom. The molecule has 0 unspecified atom stereocenters. The molecule has 0 aliphatic carbocycles. The molecule has 2 aromatic rings. The van der Waals surface area contributed by atoms with E-state index in [1.165, 1.54) is 20.3 Å². The van der Waals surface area contributed by atoms with Crippen LogP contribution < -0.4 is 7.22 Å². The van der Waals surface area contributed by atoms with E-state index in [0.29, 0.717) is 17.8 Å². The standard InChI is InChI=1S/C22H28OTe/c1-14(2)18-11-20(15(3)4)22(21(12-18)16(5)6)24-19-9-7-17(13-23)8-10-19/h7-16H,1-6H3. The van der Waals surface area contributed by atoms with Gasteiger partial charge < -0.3 is 0 Å². The molecule has 128 valence electrons. The summed E-state index contributed by atoms with van der Waals surface area (Å²) >= 11 is -0.463. The number of hydrogen-bond donors (Lipinski definition) is 0. The summed E-state index contributed by atoms with van der Waals surface area (Å²) in [6, 6.07) is 13.0. The molecule has 0 atom stereocenters. The minimum atomic E-state index is -0.463. The van der Waals surface area contributed by atoms with Crippen molar-refractivity contribution in [3.63, 3.8) is 0 Å². The van der Waals surface area contributed by atoms with Gasteiger partial charge in [-0.1, -0.05) is 0 Å². The molecule has 0 spiro atoms. The first-order chi connectivity index (χ1) is 11.3. The number of rotatable bonds is 6. The van der Waals surface area contributed by atoms with Gasteiger partial charge in [-0.3, -0.25) is 0 Å². The van der Waals surface area contributed by atoms with E-state index < -0.39 is 20.9 Å². The van der Waals surface area contributed by atoms with Crippen molar-refractivity contribution in [3.8, 4) is 0 Å². The van der Waals surface area contributed by atoms with E-state index in [9.17, 15) is 4.79 Å². The van der Waals surface area contributed by atoms with Crippen LogP contribution in [0.5, 0.6) is 0 Å². The van der Waals surface area contributed by atoms with Gasteiger partial charge in [0.25, 0.3) is 0 Å². The number of benzene rings is 2. The summed E-state index contributed by atoms with van der Waals surface area (Å²) in [5.74, 6) is 1.63. The van der Waals surface area contributed by atoms with Gasteiger partial charge in [-0.2, -0.15) is 0 Å². The first-order valence-corrected chi connectivity index (χ1v) is 11.1. The molecule has 0 amide bonds. The van der Waals surface area contributed by atoms with E-state index in [1.54, 1.807) is 3.61 Å². The van der Waals surface area contributed by atoms with Gasteiger partial charge in [0, 0.05) is 0 Å². The van der Waals surface area contributed by atoms with Crippen LogP contribution >= 0.6 is 0 Å². The maximum absolute atomic E-state index is 10.9. The third kappa shape index (κ3) is 4.50. The molecule has 0 saturated carbocycles. The summed E-state index contributed by atoms with van der Waals surface area (Å²) < 4.78 is 2.99. The molecule has 0 aliphatic heterocycles. The number of aldehydes is 1. The van der Waals surface area contributed by atoms with Crippen LogP contribution in [0.3, 0.4) is 0 Å². The summed E-state index contributed by atoms with van der Waals surface area (Å²) in [5, 5.41) is 0. The van der Waals surface area contributed by atoms with Crippen molar-refractivity contribution >= 4 is 34.4 Å². The predicted octanol–water partition coefficient (Wildman–Crippen LogP) is 4.52. The van der Waals surface area contributed by atoms with Gasteiger partial charge >= 0.3 is 157 Å². The first kappa shape index (κ1) is 19.2. The second-order valence-corrected chi connectivity index (χ2v) is 10.4. The number of carbonyl (C=O) groups is 1. The van der Waals surface area contributed by atoms with Gasteiger partial charge in [0.05, 0.1) is 0 Å². The summed E-state index contributed by atoms with van der Waals surface area (Å²) in [6.45, 7) is 13.8. The molecule has 0 aliphatic rings. The second-order valence-electron chi connectivity index (χ2n) is 7.28. The topological polar surface area (TPSA) is 17.1 Å². The van der Waals surface area contributed by atoms with Crippen LogP contribution in [0, 0.1) is 0 Å². The Morgan fingerprint density at radius 3 is 1.67 bits per heavy atom. The molecule has 24 heavy (non-hydrogen) atoms. The van der Waals surface area contributed by atoms with E-state index >= 15 is 0 Å². The molecule has 0 bridgehead atoms. The Bertz CT molecular complexity index is 667. The fourth-order valence-electron chi connectivity index (χ4n) is 2.74. The zero-order chi connectivity index (χ0) is 17.9. The molecule has 0 heterocycles. The van der Waals surface area contributed by atoms with Crippen LogP contribution in [0.1, 0.15) is 86.3 Å². The van der Waals surface area contributed by atoms with Gasteiger partial charge in [0.1, 0.15) is 0 Å². The van der Waals surface area contributed by atoms with Gasteiger partial charge in [-0.05, 0) is 0 Å². The molecule has 0 radical (unpaired) electrons. The van der Waals surface area contributed by atoms with Crippen LogP contribution in [0.2, 0.25) is 0 Å². The van der Waals surface area contributed by atoms with Gasteiger partial charge in [0.2, 0.25) is 0 Å². The molecule has 1 nitrogen and oxygen atoms in total. The number of hydrogen-bond acceptors (Lipinski definition) is 1. The fourth-order valence-corrected chi connectivity index (χ4v) is 6.54. The molecule has 0 saturated heterocycles. The van der Waals surface area contributed by atoms with Gasteiger partial charge in [-0.15, -0.1) is 0 Å². The molecular formula is C22H28OTe. The normalized spacial score (nSPS) is 11.5. The predicted molar refractivity (Wildman–Crippen MR) is 106 cm³/mol.